The number of aromatic nitrogens is 4. The fourth-order valence-electron chi connectivity index (χ4n) is 2.90. The monoisotopic (exact) mass is 377 g/mol. The first-order valence-corrected chi connectivity index (χ1v) is 9.50. The van der Waals surface area contributed by atoms with Crippen molar-refractivity contribution < 1.29 is 4.79 Å². The third kappa shape index (κ3) is 3.98. The molecule has 0 atom stereocenters. The van der Waals surface area contributed by atoms with E-state index in [1.165, 1.54) is 4.88 Å². The van der Waals surface area contributed by atoms with Crippen LogP contribution in [0, 0.1) is 6.92 Å². The SMILES string of the molecule is Cc1ccccc1-c1ccn(CC(=O)Nc2ccnn2Cc2cccs2)n1. The van der Waals surface area contributed by atoms with Crippen LogP contribution in [0.1, 0.15) is 10.4 Å². The summed E-state index contributed by atoms with van der Waals surface area (Å²) in [6.07, 6.45) is 3.51. The van der Waals surface area contributed by atoms with E-state index in [9.17, 15) is 4.79 Å². The minimum absolute atomic E-state index is 0.137. The summed E-state index contributed by atoms with van der Waals surface area (Å²) >= 11 is 1.67. The number of amides is 1. The smallest absolute Gasteiger partial charge is 0.247 e. The minimum Gasteiger partial charge on any atom is -0.309 e. The number of carbonyl (C=O) groups is 1. The van der Waals surface area contributed by atoms with Crippen molar-refractivity contribution in [3.05, 3.63) is 76.7 Å². The number of hydrogen-bond acceptors (Lipinski definition) is 4. The van der Waals surface area contributed by atoms with E-state index < -0.39 is 0 Å². The molecule has 0 aliphatic carbocycles. The molecular formula is C20H19N5OS. The normalized spacial score (nSPS) is 10.9. The van der Waals surface area contributed by atoms with Gasteiger partial charge in [-0.1, -0.05) is 30.3 Å². The fraction of sp³-hybridized carbons (Fsp3) is 0.150. The van der Waals surface area contributed by atoms with Crippen LogP contribution in [-0.2, 0) is 17.9 Å². The molecule has 0 unspecified atom stereocenters. The number of aryl methyl sites for hydroxylation is 1. The molecule has 0 spiro atoms. The molecule has 0 bridgehead atoms. The molecule has 1 N–H and O–H groups in total. The molecule has 0 saturated carbocycles. The van der Waals surface area contributed by atoms with Gasteiger partial charge in [0, 0.05) is 22.7 Å². The first-order valence-electron chi connectivity index (χ1n) is 8.62. The van der Waals surface area contributed by atoms with Crippen LogP contribution in [0.15, 0.2) is 66.3 Å². The van der Waals surface area contributed by atoms with Crippen LogP contribution in [0.2, 0.25) is 0 Å². The number of hydrogen-bond donors (Lipinski definition) is 1. The van der Waals surface area contributed by atoms with E-state index in [1.807, 2.05) is 41.9 Å². The van der Waals surface area contributed by atoms with E-state index in [4.69, 9.17) is 0 Å². The molecule has 0 saturated heterocycles. The number of thiophene rings is 1. The van der Waals surface area contributed by atoms with Crippen molar-refractivity contribution in [2.45, 2.75) is 20.0 Å². The Morgan fingerprint density at radius 1 is 1.15 bits per heavy atom. The van der Waals surface area contributed by atoms with Gasteiger partial charge in [-0.15, -0.1) is 11.3 Å². The molecule has 6 nitrogen and oxygen atoms in total. The minimum atomic E-state index is -0.137. The first kappa shape index (κ1) is 17.2. The third-order valence-electron chi connectivity index (χ3n) is 4.24. The molecule has 3 aromatic heterocycles. The Labute approximate surface area is 161 Å². The molecule has 0 radical (unpaired) electrons. The van der Waals surface area contributed by atoms with Crippen LogP contribution in [0.5, 0.6) is 0 Å². The zero-order valence-electron chi connectivity index (χ0n) is 14.9. The third-order valence-corrected chi connectivity index (χ3v) is 5.10. The van der Waals surface area contributed by atoms with Gasteiger partial charge in [0.05, 0.1) is 18.4 Å². The molecule has 1 aromatic carbocycles. The van der Waals surface area contributed by atoms with Gasteiger partial charge in [0.15, 0.2) is 0 Å². The number of benzene rings is 1. The van der Waals surface area contributed by atoms with Crippen molar-refractivity contribution in [3.8, 4) is 11.3 Å². The van der Waals surface area contributed by atoms with Crippen molar-refractivity contribution in [1.29, 1.82) is 0 Å². The second-order valence-electron chi connectivity index (χ2n) is 6.22. The lowest BCUT2D eigenvalue weighted by molar-refractivity contribution is -0.116. The Morgan fingerprint density at radius 2 is 2.04 bits per heavy atom. The van der Waals surface area contributed by atoms with Crippen LogP contribution < -0.4 is 5.32 Å². The number of anilines is 1. The summed E-state index contributed by atoms with van der Waals surface area (Å²) in [5.74, 6) is 0.544. The molecular weight excluding hydrogens is 358 g/mol. The molecule has 4 rings (SSSR count). The number of carbonyl (C=O) groups excluding carboxylic acids is 1. The highest BCUT2D eigenvalue weighted by molar-refractivity contribution is 7.09. The van der Waals surface area contributed by atoms with Crippen molar-refractivity contribution in [2.24, 2.45) is 0 Å². The van der Waals surface area contributed by atoms with Gasteiger partial charge in [0.1, 0.15) is 12.4 Å². The summed E-state index contributed by atoms with van der Waals surface area (Å²) < 4.78 is 3.43. The van der Waals surface area contributed by atoms with E-state index in [2.05, 4.69) is 34.6 Å². The van der Waals surface area contributed by atoms with Crippen molar-refractivity contribution in [2.75, 3.05) is 5.32 Å². The molecule has 7 heteroatoms. The summed E-state index contributed by atoms with van der Waals surface area (Å²) in [4.78, 5) is 13.6. The van der Waals surface area contributed by atoms with Crippen molar-refractivity contribution in [3.63, 3.8) is 0 Å². The molecule has 3 heterocycles. The summed E-state index contributed by atoms with van der Waals surface area (Å²) in [5, 5.41) is 13.8. The van der Waals surface area contributed by atoms with Gasteiger partial charge >= 0.3 is 0 Å². The van der Waals surface area contributed by atoms with Crippen LogP contribution in [0.25, 0.3) is 11.3 Å². The topological polar surface area (TPSA) is 64.7 Å². The highest BCUT2D eigenvalue weighted by Crippen LogP contribution is 2.21. The Morgan fingerprint density at radius 3 is 2.85 bits per heavy atom. The molecule has 0 aliphatic heterocycles. The van der Waals surface area contributed by atoms with E-state index in [-0.39, 0.29) is 12.5 Å². The zero-order chi connectivity index (χ0) is 18.6. The lowest BCUT2D eigenvalue weighted by Crippen LogP contribution is -2.21. The van der Waals surface area contributed by atoms with E-state index in [0.29, 0.717) is 12.4 Å². The maximum atomic E-state index is 12.4. The number of rotatable bonds is 6. The Balaban J connectivity index is 1.42. The molecule has 136 valence electrons. The zero-order valence-corrected chi connectivity index (χ0v) is 15.7. The van der Waals surface area contributed by atoms with E-state index in [1.54, 1.807) is 33.0 Å². The van der Waals surface area contributed by atoms with Crippen LogP contribution in [-0.4, -0.2) is 25.5 Å². The average Bonchev–Trinajstić information content (AvgIpc) is 3.40. The average molecular weight is 377 g/mol. The highest BCUT2D eigenvalue weighted by Gasteiger charge is 2.11. The van der Waals surface area contributed by atoms with Gasteiger partial charge in [0.25, 0.3) is 0 Å². The van der Waals surface area contributed by atoms with Gasteiger partial charge in [-0.25, -0.2) is 4.68 Å². The molecule has 0 fully saturated rings. The van der Waals surface area contributed by atoms with Crippen LogP contribution in [0.4, 0.5) is 5.82 Å². The first-order chi connectivity index (χ1) is 13.2. The fourth-order valence-corrected chi connectivity index (χ4v) is 3.58. The van der Waals surface area contributed by atoms with Gasteiger partial charge in [-0.05, 0) is 30.0 Å². The van der Waals surface area contributed by atoms with Gasteiger partial charge in [-0.3, -0.25) is 9.48 Å². The molecule has 1 amide bonds. The second kappa shape index (κ2) is 7.59. The van der Waals surface area contributed by atoms with Crippen LogP contribution in [0.3, 0.4) is 0 Å². The predicted molar refractivity (Wildman–Crippen MR) is 107 cm³/mol. The summed E-state index contributed by atoms with van der Waals surface area (Å²) in [6.45, 7) is 2.84. The largest absolute Gasteiger partial charge is 0.309 e. The Bertz CT molecular complexity index is 1050. The number of nitrogens with zero attached hydrogens (tertiary/aromatic N) is 4. The standard InChI is InChI=1S/C20H19N5OS/c1-15-5-2-3-7-17(15)18-9-11-24(23-18)14-20(26)22-19-8-10-21-25(19)13-16-6-4-12-27-16/h2-12H,13-14H2,1H3,(H,22,26). The van der Waals surface area contributed by atoms with E-state index in [0.717, 1.165) is 16.8 Å². The quantitative estimate of drug-likeness (QED) is 0.556. The molecule has 4 aromatic rings. The van der Waals surface area contributed by atoms with Gasteiger partial charge in [0.2, 0.25) is 5.91 Å². The van der Waals surface area contributed by atoms with Crippen molar-refractivity contribution in [1.82, 2.24) is 19.6 Å². The van der Waals surface area contributed by atoms with E-state index >= 15 is 0 Å². The number of nitrogens with one attached hydrogen (secondary N) is 1. The predicted octanol–water partition coefficient (Wildman–Crippen LogP) is 3.80. The Kier molecular flexibility index (Phi) is 4.84. The van der Waals surface area contributed by atoms with Gasteiger partial charge in [-0.2, -0.15) is 10.2 Å². The summed E-state index contributed by atoms with van der Waals surface area (Å²) in [5.41, 5.74) is 3.10. The lowest BCUT2D eigenvalue weighted by Gasteiger charge is -2.08. The molecule has 27 heavy (non-hydrogen) atoms. The second-order valence-corrected chi connectivity index (χ2v) is 7.25. The lowest BCUT2D eigenvalue weighted by atomic mass is 10.1. The van der Waals surface area contributed by atoms with Crippen molar-refractivity contribution >= 4 is 23.1 Å². The highest BCUT2D eigenvalue weighted by atomic mass is 32.1. The maximum absolute atomic E-state index is 12.4. The Hall–Kier alpha value is -3.19. The maximum Gasteiger partial charge on any atom is 0.247 e. The molecule has 0 aliphatic rings. The van der Waals surface area contributed by atoms with Gasteiger partial charge < -0.3 is 5.32 Å². The summed E-state index contributed by atoms with van der Waals surface area (Å²) in [7, 11) is 0. The van der Waals surface area contributed by atoms with Crippen LogP contribution >= 0.6 is 11.3 Å². The summed E-state index contributed by atoms with van der Waals surface area (Å²) in [6, 6.07) is 15.9.